The van der Waals surface area contributed by atoms with Gasteiger partial charge in [-0.3, -0.25) is 9.67 Å². The molecule has 0 atom stereocenters. The minimum absolute atomic E-state index is 0.685. The number of aromatic nitrogens is 3. The summed E-state index contributed by atoms with van der Waals surface area (Å²) in [4.78, 5) is 4.32. The maximum absolute atomic E-state index is 5.77. The molecule has 0 spiro atoms. The number of nitrogens with zero attached hydrogens (tertiary/aromatic N) is 3. The van der Waals surface area contributed by atoms with Gasteiger partial charge in [0.2, 0.25) is 0 Å². The van der Waals surface area contributed by atoms with Crippen LogP contribution in [-0.4, -0.2) is 14.8 Å². The monoisotopic (exact) mass is 253 g/mol. The lowest BCUT2D eigenvalue weighted by Gasteiger charge is -2.08. The average Bonchev–Trinajstić information content (AvgIpc) is 2.81. The number of aryl methyl sites for hydroxylation is 1. The first-order valence-electron chi connectivity index (χ1n) is 6.09. The summed E-state index contributed by atoms with van der Waals surface area (Å²) in [5, 5.41) is 8.78. The van der Waals surface area contributed by atoms with Crippen LogP contribution in [0.5, 0.6) is 0 Å². The Labute approximate surface area is 111 Å². The molecule has 0 aliphatic rings. The molecule has 0 aliphatic carbocycles. The standard InChI is InChI=1S/C14H15N5/c1-19-7-5-11(18-19)9-17-13-4-6-16-14-8-10(15)2-3-12(13)14/h2-8H,9,15H2,1H3,(H,16,17). The van der Waals surface area contributed by atoms with E-state index in [-0.39, 0.29) is 0 Å². The second-order valence-electron chi connectivity index (χ2n) is 4.47. The number of benzene rings is 1. The van der Waals surface area contributed by atoms with Gasteiger partial charge in [-0.2, -0.15) is 5.10 Å². The van der Waals surface area contributed by atoms with Crippen molar-refractivity contribution in [3.63, 3.8) is 0 Å². The Morgan fingerprint density at radius 2 is 2.16 bits per heavy atom. The Kier molecular flexibility index (Phi) is 2.79. The maximum Gasteiger partial charge on any atom is 0.0815 e. The third-order valence-corrected chi connectivity index (χ3v) is 3.00. The van der Waals surface area contributed by atoms with Crippen LogP contribution in [-0.2, 0) is 13.6 Å². The molecule has 96 valence electrons. The smallest absolute Gasteiger partial charge is 0.0815 e. The fourth-order valence-corrected chi connectivity index (χ4v) is 2.06. The van der Waals surface area contributed by atoms with Crippen molar-refractivity contribution in [3.8, 4) is 0 Å². The first-order valence-corrected chi connectivity index (χ1v) is 6.09. The summed E-state index contributed by atoms with van der Waals surface area (Å²) in [6.45, 7) is 0.685. The quantitative estimate of drug-likeness (QED) is 0.702. The first kappa shape index (κ1) is 11.5. The average molecular weight is 253 g/mol. The van der Waals surface area contributed by atoms with Crippen molar-refractivity contribution in [1.29, 1.82) is 0 Å². The fourth-order valence-electron chi connectivity index (χ4n) is 2.06. The number of hydrogen-bond acceptors (Lipinski definition) is 4. The van der Waals surface area contributed by atoms with Crippen molar-refractivity contribution >= 4 is 22.3 Å². The van der Waals surface area contributed by atoms with Crippen LogP contribution in [0.1, 0.15) is 5.69 Å². The van der Waals surface area contributed by atoms with Crippen molar-refractivity contribution in [1.82, 2.24) is 14.8 Å². The van der Waals surface area contributed by atoms with Crippen molar-refractivity contribution in [2.45, 2.75) is 6.54 Å². The predicted octanol–water partition coefficient (Wildman–Crippen LogP) is 2.16. The largest absolute Gasteiger partial charge is 0.399 e. The molecule has 3 rings (SSSR count). The molecule has 0 saturated heterocycles. The van der Waals surface area contributed by atoms with Crippen molar-refractivity contribution < 1.29 is 0 Å². The Balaban J connectivity index is 1.88. The van der Waals surface area contributed by atoms with Crippen LogP contribution in [0.2, 0.25) is 0 Å². The number of nitrogens with two attached hydrogens (primary N) is 1. The van der Waals surface area contributed by atoms with E-state index >= 15 is 0 Å². The van der Waals surface area contributed by atoms with E-state index in [0.29, 0.717) is 6.54 Å². The number of hydrogen-bond donors (Lipinski definition) is 2. The van der Waals surface area contributed by atoms with Gasteiger partial charge in [0.1, 0.15) is 0 Å². The summed E-state index contributed by atoms with van der Waals surface area (Å²) in [5.74, 6) is 0. The molecular weight excluding hydrogens is 238 g/mol. The Morgan fingerprint density at radius 1 is 1.26 bits per heavy atom. The lowest BCUT2D eigenvalue weighted by atomic mass is 10.1. The van der Waals surface area contributed by atoms with Crippen LogP contribution in [0.15, 0.2) is 42.7 Å². The fraction of sp³-hybridized carbons (Fsp3) is 0.143. The predicted molar refractivity (Wildman–Crippen MR) is 76.7 cm³/mol. The second-order valence-corrected chi connectivity index (χ2v) is 4.47. The summed E-state index contributed by atoms with van der Waals surface area (Å²) in [6, 6.07) is 9.70. The van der Waals surface area contributed by atoms with Gasteiger partial charge in [0.05, 0.1) is 17.8 Å². The van der Waals surface area contributed by atoms with Gasteiger partial charge < -0.3 is 11.1 Å². The summed E-state index contributed by atoms with van der Waals surface area (Å²) >= 11 is 0. The summed E-state index contributed by atoms with van der Waals surface area (Å²) in [6.07, 6.45) is 3.71. The minimum Gasteiger partial charge on any atom is -0.399 e. The number of nitrogens with one attached hydrogen (secondary N) is 1. The van der Waals surface area contributed by atoms with E-state index in [0.717, 1.165) is 28.0 Å². The van der Waals surface area contributed by atoms with Gasteiger partial charge in [0, 0.05) is 36.2 Å². The minimum atomic E-state index is 0.685. The van der Waals surface area contributed by atoms with Crippen molar-refractivity contribution in [3.05, 3.63) is 48.4 Å². The third kappa shape index (κ3) is 2.35. The normalized spacial score (nSPS) is 10.8. The molecule has 0 fully saturated rings. The van der Waals surface area contributed by atoms with E-state index in [2.05, 4.69) is 15.4 Å². The van der Waals surface area contributed by atoms with Gasteiger partial charge in [0.25, 0.3) is 0 Å². The summed E-state index contributed by atoms with van der Waals surface area (Å²) in [7, 11) is 1.91. The van der Waals surface area contributed by atoms with E-state index in [1.54, 1.807) is 10.9 Å². The Hall–Kier alpha value is -2.56. The highest BCUT2D eigenvalue weighted by Gasteiger charge is 2.03. The lowest BCUT2D eigenvalue weighted by molar-refractivity contribution is 0.747. The SMILES string of the molecule is Cn1ccc(CNc2ccnc3cc(N)ccc23)n1. The molecule has 0 aliphatic heterocycles. The van der Waals surface area contributed by atoms with Crippen LogP contribution in [0.4, 0.5) is 11.4 Å². The van der Waals surface area contributed by atoms with Crippen LogP contribution in [0, 0.1) is 0 Å². The van der Waals surface area contributed by atoms with Crippen molar-refractivity contribution in [2.75, 3.05) is 11.1 Å². The Morgan fingerprint density at radius 3 is 2.95 bits per heavy atom. The summed E-state index contributed by atoms with van der Waals surface area (Å²) < 4.78 is 1.79. The zero-order valence-electron chi connectivity index (χ0n) is 10.7. The molecule has 2 aromatic heterocycles. The van der Waals surface area contributed by atoms with Crippen LogP contribution in [0.25, 0.3) is 10.9 Å². The molecule has 0 amide bonds. The Bertz CT molecular complexity index is 717. The molecule has 0 unspecified atom stereocenters. The van der Waals surface area contributed by atoms with Gasteiger partial charge in [-0.1, -0.05) is 0 Å². The van der Waals surface area contributed by atoms with Crippen LogP contribution < -0.4 is 11.1 Å². The van der Waals surface area contributed by atoms with Crippen molar-refractivity contribution in [2.24, 2.45) is 7.05 Å². The van der Waals surface area contributed by atoms with Gasteiger partial charge in [-0.25, -0.2) is 0 Å². The van der Waals surface area contributed by atoms with Crippen LogP contribution in [0.3, 0.4) is 0 Å². The lowest BCUT2D eigenvalue weighted by Crippen LogP contribution is -2.02. The highest BCUT2D eigenvalue weighted by Crippen LogP contribution is 2.23. The van der Waals surface area contributed by atoms with Gasteiger partial charge in [-0.05, 0) is 30.3 Å². The number of anilines is 2. The topological polar surface area (TPSA) is 68.8 Å². The van der Waals surface area contributed by atoms with Gasteiger partial charge in [-0.15, -0.1) is 0 Å². The van der Waals surface area contributed by atoms with Gasteiger partial charge in [0.15, 0.2) is 0 Å². The molecule has 2 heterocycles. The van der Waals surface area contributed by atoms with Crippen LogP contribution >= 0.6 is 0 Å². The third-order valence-electron chi connectivity index (χ3n) is 3.00. The molecule has 5 nitrogen and oxygen atoms in total. The second kappa shape index (κ2) is 4.61. The zero-order chi connectivity index (χ0) is 13.2. The van der Waals surface area contributed by atoms with E-state index in [9.17, 15) is 0 Å². The maximum atomic E-state index is 5.77. The van der Waals surface area contributed by atoms with E-state index < -0.39 is 0 Å². The zero-order valence-corrected chi connectivity index (χ0v) is 10.7. The molecule has 0 bridgehead atoms. The molecule has 5 heteroatoms. The van der Waals surface area contributed by atoms with E-state index in [1.165, 1.54) is 0 Å². The molecule has 1 aromatic carbocycles. The number of fused-ring (bicyclic) bond motifs is 1. The molecule has 0 saturated carbocycles. The number of pyridine rings is 1. The molecule has 0 radical (unpaired) electrons. The molecular formula is C14H15N5. The van der Waals surface area contributed by atoms with E-state index in [4.69, 9.17) is 5.73 Å². The number of rotatable bonds is 3. The summed E-state index contributed by atoms with van der Waals surface area (Å²) in [5.41, 5.74) is 9.43. The molecule has 3 N–H and O–H groups in total. The molecule has 19 heavy (non-hydrogen) atoms. The molecule has 3 aromatic rings. The highest BCUT2D eigenvalue weighted by molar-refractivity contribution is 5.92. The van der Waals surface area contributed by atoms with E-state index in [1.807, 2.05) is 43.6 Å². The highest BCUT2D eigenvalue weighted by atomic mass is 15.3. The first-order chi connectivity index (χ1) is 9.22. The number of nitrogen functional groups attached to an aromatic ring is 1. The van der Waals surface area contributed by atoms with Gasteiger partial charge >= 0.3 is 0 Å².